The normalized spacial score (nSPS) is 16.1. The van der Waals surface area contributed by atoms with Gasteiger partial charge in [0, 0.05) is 0 Å². The Morgan fingerprint density at radius 3 is 1.58 bits per heavy atom. The van der Waals surface area contributed by atoms with Crippen molar-refractivity contribution < 1.29 is 85.2 Å². The quantitative estimate of drug-likeness (QED) is 0.236. The average Bonchev–Trinajstić information content (AvgIpc) is 2.56. The van der Waals surface area contributed by atoms with Gasteiger partial charge in [0.2, 0.25) is 0 Å². The van der Waals surface area contributed by atoms with Gasteiger partial charge < -0.3 is 9.84 Å². The SMILES string of the molecule is C=CCC[C@H](O)COCC(F)(F)OC(F)(F)C(F)(F)OC(F)(F)C(F)(F)C(F)(F)C(F)(F)F. The van der Waals surface area contributed by atoms with Crippen LogP contribution in [-0.2, 0) is 14.2 Å². The number of aliphatic hydroxyl groups is 1. The van der Waals surface area contributed by atoms with Crippen LogP contribution in [0.3, 0.4) is 0 Å². The van der Waals surface area contributed by atoms with Crippen LogP contribution in [0.25, 0.3) is 0 Å². The minimum absolute atomic E-state index is 0.116. The van der Waals surface area contributed by atoms with Crippen molar-refractivity contribution in [3.8, 4) is 0 Å². The second-order valence-electron chi connectivity index (χ2n) is 6.07. The molecule has 4 nitrogen and oxygen atoms in total. The fraction of sp³-hybridized carbons (Fsp3) is 0.857. The zero-order chi connectivity index (χ0) is 26.7. The Bertz CT molecular complexity index is 647. The first-order chi connectivity index (χ1) is 14.4. The van der Waals surface area contributed by atoms with Crippen LogP contribution in [0.15, 0.2) is 12.7 Å². The Morgan fingerprint density at radius 1 is 0.697 bits per heavy atom. The minimum Gasteiger partial charge on any atom is -0.391 e. The molecule has 19 heteroatoms. The van der Waals surface area contributed by atoms with Crippen molar-refractivity contribution in [3.63, 3.8) is 0 Å². The van der Waals surface area contributed by atoms with Crippen molar-refractivity contribution in [2.24, 2.45) is 0 Å². The lowest BCUT2D eigenvalue weighted by Gasteiger charge is -2.36. The van der Waals surface area contributed by atoms with Crippen molar-refractivity contribution in [1.29, 1.82) is 0 Å². The number of rotatable bonds is 14. The minimum atomic E-state index is -7.91. The molecule has 0 saturated carbocycles. The molecule has 0 aliphatic rings. The molecule has 0 bridgehead atoms. The number of ether oxygens (including phenoxy) is 3. The lowest BCUT2D eigenvalue weighted by atomic mass is 10.1. The summed E-state index contributed by atoms with van der Waals surface area (Å²) in [7, 11) is 0. The summed E-state index contributed by atoms with van der Waals surface area (Å²) in [5.74, 6) is -15.7. The van der Waals surface area contributed by atoms with Gasteiger partial charge in [0.05, 0.1) is 12.7 Å². The second kappa shape index (κ2) is 10.0. The Hall–Kier alpha value is -1.47. The predicted octanol–water partition coefficient (Wildman–Crippen LogP) is 5.57. The van der Waals surface area contributed by atoms with Crippen LogP contribution in [0.4, 0.5) is 65.9 Å². The monoisotopic (exact) mass is 530 g/mol. The molecule has 0 aliphatic carbocycles. The number of hydrogen-bond acceptors (Lipinski definition) is 4. The maximum Gasteiger partial charge on any atom is 0.460 e. The van der Waals surface area contributed by atoms with Crippen molar-refractivity contribution in [1.82, 2.24) is 0 Å². The summed E-state index contributed by atoms with van der Waals surface area (Å²) in [6, 6.07) is 0. The van der Waals surface area contributed by atoms with Crippen LogP contribution in [0.2, 0.25) is 0 Å². The molecule has 0 amide bonds. The van der Waals surface area contributed by atoms with Crippen molar-refractivity contribution in [3.05, 3.63) is 12.7 Å². The molecule has 0 aromatic rings. The number of allylic oxidation sites excluding steroid dienone is 1. The summed E-state index contributed by atoms with van der Waals surface area (Å²) in [5.41, 5.74) is 0. The Labute approximate surface area is 173 Å². The first-order valence-electron chi connectivity index (χ1n) is 7.97. The molecule has 0 rings (SSSR count). The van der Waals surface area contributed by atoms with E-state index >= 15 is 0 Å². The number of hydrogen-bond donors (Lipinski definition) is 1. The zero-order valence-electron chi connectivity index (χ0n) is 15.5. The molecule has 0 aromatic carbocycles. The number of halogens is 15. The van der Waals surface area contributed by atoms with Crippen molar-refractivity contribution >= 4 is 0 Å². The van der Waals surface area contributed by atoms with Crippen LogP contribution < -0.4 is 0 Å². The summed E-state index contributed by atoms with van der Waals surface area (Å²) in [4.78, 5) is 0. The summed E-state index contributed by atoms with van der Waals surface area (Å²) in [5, 5.41) is 9.22. The van der Waals surface area contributed by atoms with E-state index in [-0.39, 0.29) is 12.8 Å². The highest BCUT2D eigenvalue weighted by molar-refractivity contribution is 4.97. The molecule has 0 unspecified atom stereocenters. The van der Waals surface area contributed by atoms with E-state index in [4.69, 9.17) is 0 Å². The number of aliphatic hydroxyl groups excluding tert-OH is 1. The predicted molar refractivity (Wildman–Crippen MR) is 74.2 cm³/mol. The first kappa shape index (κ1) is 31.5. The highest BCUT2D eigenvalue weighted by Gasteiger charge is 2.85. The second-order valence-corrected chi connectivity index (χ2v) is 6.07. The van der Waals surface area contributed by atoms with Gasteiger partial charge in [0.15, 0.2) is 0 Å². The summed E-state index contributed by atoms with van der Waals surface area (Å²) in [6.45, 7) is -0.159. The van der Waals surface area contributed by atoms with Gasteiger partial charge in [-0.1, -0.05) is 6.08 Å². The van der Waals surface area contributed by atoms with Crippen LogP contribution >= 0.6 is 0 Å². The standard InChI is InChI=1S/C14H13F15O4/c1-2-3-4-7(30)5-31-6-8(15,16)32-13(26,27)14(28,29)33-12(24,25)10(19,20)9(17,18)11(21,22)23/h2,7,30H,1,3-6H2/t7-/m0/s1. The van der Waals surface area contributed by atoms with Crippen molar-refractivity contribution in [2.45, 2.75) is 61.4 Å². The van der Waals surface area contributed by atoms with Crippen LogP contribution in [-0.4, -0.2) is 66.9 Å². The average molecular weight is 530 g/mol. The summed E-state index contributed by atoms with van der Waals surface area (Å²) >= 11 is 0. The number of alkyl halides is 15. The van der Waals surface area contributed by atoms with E-state index < -0.39 is 61.8 Å². The molecule has 0 radical (unpaired) electrons. The maximum absolute atomic E-state index is 13.2. The Morgan fingerprint density at radius 2 is 1.15 bits per heavy atom. The first-order valence-corrected chi connectivity index (χ1v) is 7.97. The molecule has 198 valence electrons. The van der Waals surface area contributed by atoms with Gasteiger partial charge >= 0.3 is 42.5 Å². The molecular formula is C14H13F15O4. The molecule has 1 atom stereocenters. The van der Waals surface area contributed by atoms with Gasteiger partial charge in [-0.05, 0) is 12.8 Å². The fourth-order valence-corrected chi connectivity index (χ4v) is 1.63. The van der Waals surface area contributed by atoms with E-state index in [0.29, 0.717) is 0 Å². The molecule has 0 aromatic heterocycles. The third-order valence-electron chi connectivity index (χ3n) is 3.27. The Balaban J connectivity index is 5.47. The fourth-order valence-electron chi connectivity index (χ4n) is 1.63. The van der Waals surface area contributed by atoms with Gasteiger partial charge in [0.25, 0.3) is 0 Å². The molecule has 0 aliphatic heterocycles. The molecule has 1 N–H and O–H groups in total. The Kier molecular flexibility index (Phi) is 9.58. The molecule has 0 spiro atoms. The van der Waals surface area contributed by atoms with E-state index in [0.717, 1.165) is 0 Å². The van der Waals surface area contributed by atoms with E-state index in [1.807, 2.05) is 0 Å². The van der Waals surface area contributed by atoms with Gasteiger partial charge in [0.1, 0.15) is 6.61 Å². The van der Waals surface area contributed by atoms with E-state index in [1.54, 1.807) is 0 Å². The van der Waals surface area contributed by atoms with E-state index in [2.05, 4.69) is 16.1 Å². The van der Waals surface area contributed by atoms with Gasteiger partial charge in [-0.15, -0.1) is 6.58 Å². The molecular weight excluding hydrogens is 517 g/mol. The molecule has 33 heavy (non-hydrogen) atoms. The smallest absolute Gasteiger partial charge is 0.391 e. The molecule has 0 saturated heterocycles. The zero-order valence-corrected chi connectivity index (χ0v) is 15.5. The molecule has 0 fully saturated rings. The van der Waals surface area contributed by atoms with Gasteiger partial charge in [-0.3, -0.25) is 0 Å². The third-order valence-corrected chi connectivity index (χ3v) is 3.27. The maximum atomic E-state index is 13.2. The van der Waals surface area contributed by atoms with Gasteiger partial charge in [-0.25, -0.2) is 9.47 Å². The highest BCUT2D eigenvalue weighted by atomic mass is 19.4. The van der Waals surface area contributed by atoms with Crippen LogP contribution in [0.5, 0.6) is 0 Å². The summed E-state index contributed by atoms with van der Waals surface area (Å²) in [6.07, 6.45) is -35.3. The van der Waals surface area contributed by atoms with Crippen LogP contribution in [0, 0.1) is 0 Å². The van der Waals surface area contributed by atoms with E-state index in [9.17, 15) is 71.0 Å². The highest BCUT2D eigenvalue weighted by Crippen LogP contribution is 2.55. The van der Waals surface area contributed by atoms with Crippen molar-refractivity contribution in [2.75, 3.05) is 13.2 Å². The topological polar surface area (TPSA) is 47.9 Å². The summed E-state index contributed by atoms with van der Waals surface area (Å²) < 4.78 is 200. The van der Waals surface area contributed by atoms with Crippen LogP contribution in [0.1, 0.15) is 12.8 Å². The molecule has 0 heterocycles. The third kappa shape index (κ3) is 7.51. The lowest BCUT2D eigenvalue weighted by molar-refractivity contribution is -0.543. The lowest BCUT2D eigenvalue weighted by Crippen LogP contribution is -2.64. The van der Waals surface area contributed by atoms with Gasteiger partial charge in [-0.2, -0.15) is 65.9 Å². The largest absolute Gasteiger partial charge is 0.460 e. The van der Waals surface area contributed by atoms with E-state index in [1.165, 1.54) is 10.8 Å².